The third-order valence-corrected chi connectivity index (χ3v) is 9.27. The minimum atomic E-state index is -1.17. The number of aromatic carboxylic acids is 1. The second kappa shape index (κ2) is 11.2. The largest absolute Gasteiger partial charge is 0.498 e. The van der Waals surface area contributed by atoms with E-state index in [1.54, 1.807) is 19.2 Å². The minimum absolute atomic E-state index is 0.00718. The van der Waals surface area contributed by atoms with E-state index in [1.807, 2.05) is 22.8 Å². The number of imidazole rings is 1. The number of rotatable bonds is 10. The van der Waals surface area contributed by atoms with Crippen LogP contribution in [0.1, 0.15) is 46.7 Å². The van der Waals surface area contributed by atoms with Crippen molar-refractivity contribution in [1.82, 2.24) is 19.4 Å². The number of nitrogens with zero attached hydrogens (tertiary/aromatic N) is 5. The van der Waals surface area contributed by atoms with Crippen LogP contribution in [0.5, 0.6) is 11.6 Å². The average Bonchev–Trinajstić information content (AvgIpc) is 3.65. The smallest absolute Gasteiger partial charge is 0.335 e. The number of halogens is 1. The summed E-state index contributed by atoms with van der Waals surface area (Å²) in [7, 11) is 1.58. The lowest BCUT2D eigenvalue weighted by molar-refractivity contribution is -0.0592. The molecule has 11 heteroatoms. The van der Waals surface area contributed by atoms with Crippen molar-refractivity contribution in [2.24, 2.45) is 5.92 Å². The van der Waals surface area contributed by atoms with Crippen LogP contribution in [0.3, 0.4) is 0 Å². The Balaban J connectivity index is 1.05. The number of fused-ring (bicyclic) bond motifs is 2. The van der Waals surface area contributed by atoms with Crippen molar-refractivity contribution in [2.75, 3.05) is 26.8 Å². The van der Waals surface area contributed by atoms with Crippen LogP contribution < -0.4 is 9.47 Å². The molecule has 10 nitrogen and oxygen atoms in total. The molecule has 2 saturated heterocycles. The number of ether oxygens (including phenoxy) is 3. The summed E-state index contributed by atoms with van der Waals surface area (Å²) in [5, 5.41) is 9.50. The van der Waals surface area contributed by atoms with E-state index in [4.69, 9.17) is 25.8 Å². The molecular formula is C33H32FN5O5. The quantitative estimate of drug-likeness (QED) is 0.244. The molecule has 1 aliphatic carbocycles. The van der Waals surface area contributed by atoms with Gasteiger partial charge >= 0.3 is 5.97 Å². The average molecular weight is 598 g/mol. The van der Waals surface area contributed by atoms with Gasteiger partial charge in [0.15, 0.2) is 11.5 Å². The summed E-state index contributed by atoms with van der Waals surface area (Å²) in [6.07, 6.45) is 2.89. The zero-order valence-corrected chi connectivity index (χ0v) is 24.3. The summed E-state index contributed by atoms with van der Waals surface area (Å²) in [6, 6.07) is 13.8. The predicted molar refractivity (Wildman–Crippen MR) is 159 cm³/mol. The second-order valence-electron chi connectivity index (χ2n) is 11.9. The number of aromatic nitrogens is 3. The molecule has 2 aliphatic heterocycles. The van der Waals surface area contributed by atoms with Crippen molar-refractivity contribution < 1.29 is 28.5 Å². The van der Waals surface area contributed by atoms with Gasteiger partial charge in [-0.1, -0.05) is 18.2 Å². The summed E-state index contributed by atoms with van der Waals surface area (Å²) < 4.78 is 34.0. The molecule has 0 amide bonds. The number of carboxylic acids is 1. The van der Waals surface area contributed by atoms with Crippen LogP contribution in [0.25, 0.3) is 15.9 Å². The highest BCUT2D eigenvalue weighted by atomic mass is 19.1. The first kappa shape index (κ1) is 28.3. The van der Waals surface area contributed by atoms with Crippen molar-refractivity contribution in [3.05, 3.63) is 88.4 Å². The van der Waals surface area contributed by atoms with E-state index >= 15 is 0 Å². The monoisotopic (exact) mass is 597 g/mol. The molecule has 0 radical (unpaired) electrons. The molecule has 2 aromatic carbocycles. The fourth-order valence-corrected chi connectivity index (χ4v) is 6.63. The van der Waals surface area contributed by atoms with E-state index in [0.717, 1.165) is 55.5 Å². The van der Waals surface area contributed by atoms with Crippen molar-refractivity contribution in [3.8, 4) is 11.6 Å². The van der Waals surface area contributed by atoms with E-state index in [9.17, 15) is 14.3 Å². The standard InChI is InChI=1S/C33H32FN5O5/c1-35-23-7-6-20(27(14-23)42-2)19-44-30-5-3-4-28(36-30)33-9-10-38(16-22(33)15-33)18-29-37-31-25(34)12-21(32(40)41)13-26(31)39(29)17-24-8-11-43-24/h3-7,12-14,22,24H,8-11,15-19H2,2H3,(H,40,41)/t22?,24-,33?/m0/s1. The molecule has 2 aromatic heterocycles. The number of benzene rings is 2. The maximum Gasteiger partial charge on any atom is 0.335 e. The molecule has 0 spiro atoms. The molecule has 1 saturated carbocycles. The van der Waals surface area contributed by atoms with Crippen LogP contribution in [-0.4, -0.2) is 63.4 Å². The van der Waals surface area contributed by atoms with Gasteiger partial charge in [-0.2, -0.15) is 0 Å². The molecule has 2 unspecified atom stereocenters. The van der Waals surface area contributed by atoms with Gasteiger partial charge in [-0.15, -0.1) is 0 Å². The van der Waals surface area contributed by atoms with Crippen molar-refractivity contribution in [1.29, 1.82) is 0 Å². The number of pyridine rings is 1. The normalized spacial score (nSPS) is 22.6. The van der Waals surface area contributed by atoms with E-state index < -0.39 is 11.8 Å². The first-order valence-electron chi connectivity index (χ1n) is 14.8. The number of piperidine rings is 1. The molecule has 4 aromatic rings. The van der Waals surface area contributed by atoms with Gasteiger partial charge in [-0.25, -0.2) is 24.0 Å². The second-order valence-corrected chi connectivity index (χ2v) is 11.9. The maximum absolute atomic E-state index is 15.0. The van der Waals surface area contributed by atoms with Crippen molar-refractivity contribution in [3.63, 3.8) is 0 Å². The summed E-state index contributed by atoms with van der Waals surface area (Å²) in [5.74, 6) is 0.528. The lowest BCUT2D eigenvalue weighted by Gasteiger charge is -2.32. The van der Waals surface area contributed by atoms with E-state index in [0.29, 0.717) is 48.4 Å². The number of hydrogen-bond donors (Lipinski definition) is 1. The lowest BCUT2D eigenvalue weighted by Crippen LogP contribution is -2.37. The molecule has 1 N–H and O–H groups in total. The Kier molecular flexibility index (Phi) is 7.19. The molecular weight excluding hydrogens is 565 g/mol. The Labute approximate surface area is 253 Å². The van der Waals surface area contributed by atoms with Gasteiger partial charge in [0.1, 0.15) is 23.7 Å². The zero-order valence-electron chi connectivity index (χ0n) is 24.3. The van der Waals surface area contributed by atoms with Crippen LogP contribution in [0.2, 0.25) is 0 Å². The predicted octanol–water partition coefficient (Wildman–Crippen LogP) is 5.36. The number of carbonyl (C=O) groups is 1. The molecule has 7 rings (SSSR count). The Morgan fingerprint density at radius 1 is 1.25 bits per heavy atom. The van der Waals surface area contributed by atoms with Crippen LogP contribution in [0, 0.1) is 18.3 Å². The van der Waals surface area contributed by atoms with Crippen molar-refractivity contribution >= 4 is 22.7 Å². The van der Waals surface area contributed by atoms with Crippen LogP contribution >= 0.6 is 0 Å². The lowest BCUT2D eigenvalue weighted by atomic mass is 9.91. The molecule has 4 heterocycles. The van der Waals surface area contributed by atoms with Crippen LogP contribution in [-0.2, 0) is 29.8 Å². The topological polar surface area (TPSA) is 103 Å². The van der Waals surface area contributed by atoms with Gasteiger partial charge in [-0.05, 0) is 56.0 Å². The van der Waals surface area contributed by atoms with Crippen LogP contribution in [0.4, 0.5) is 10.1 Å². The Morgan fingerprint density at radius 2 is 2.11 bits per heavy atom. The highest BCUT2D eigenvalue weighted by Gasteiger charge is 2.58. The van der Waals surface area contributed by atoms with E-state index in [1.165, 1.54) is 6.07 Å². The third-order valence-electron chi connectivity index (χ3n) is 9.27. The molecule has 44 heavy (non-hydrogen) atoms. The minimum Gasteiger partial charge on any atom is -0.498 e. The fraction of sp³-hybridized carbons (Fsp3) is 0.394. The van der Waals surface area contributed by atoms with Gasteiger partial charge < -0.3 is 23.9 Å². The molecule has 226 valence electrons. The molecule has 3 atom stereocenters. The molecule has 3 aliphatic rings. The zero-order chi connectivity index (χ0) is 30.4. The van der Waals surface area contributed by atoms with E-state index in [2.05, 4.69) is 20.8 Å². The Bertz CT molecular complexity index is 1800. The van der Waals surface area contributed by atoms with Gasteiger partial charge in [0.05, 0.1) is 49.6 Å². The van der Waals surface area contributed by atoms with Gasteiger partial charge in [0.2, 0.25) is 5.88 Å². The van der Waals surface area contributed by atoms with Gasteiger partial charge in [0.25, 0.3) is 0 Å². The highest BCUT2D eigenvalue weighted by Crippen LogP contribution is 2.59. The third kappa shape index (κ3) is 5.14. The SMILES string of the molecule is [C-]#[N+]c1ccc(COc2cccc(C34CCN(Cc5nc6c(F)cc(C(=O)O)cc6n5C[C@@H]5CCO5)CC3C4)n2)c(OC)c1. The fourth-order valence-electron chi connectivity index (χ4n) is 6.63. The van der Waals surface area contributed by atoms with Gasteiger partial charge in [-0.3, -0.25) is 4.90 Å². The first-order valence-corrected chi connectivity index (χ1v) is 14.8. The number of carboxylic acid groups (broad SMARTS) is 1. The summed E-state index contributed by atoms with van der Waals surface area (Å²) in [6.45, 7) is 10.9. The Hall–Kier alpha value is -4.53. The molecule has 0 bridgehead atoms. The maximum atomic E-state index is 15.0. The summed E-state index contributed by atoms with van der Waals surface area (Å²) in [4.78, 5) is 27.0. The Morgan fingerprint density at radius 3 is 2.84 bits per heavy atom. The van der Waals surface area contributed by atoms with Crippen molar-refractivity contribution in [2.45, 2.75) is 50.5 Å². The first-order chi connectivity index (χ1) is 21.4. The summed E-state index contributed by atoms with van der Waals surface area (Å²) in [5.41, 5.74) is 3.00. The van der Waals surface area contributed by atoms with E-state index in [-0.39, 0.29) is 29.2 Å². The highest BCUT2D eigenvalue weighted by molar-refractivity contribution is 5.92. The molecule has 3 fully saturated rings. The van der Waals surface area contributed by atoms with Crippen LogP contribution in [0.15, 0.2) is 48.5 Å². The number of methoxy groups -OCH3 is 1. The number of hydrogen-bond acceptors (Lipinski definition) is 7. The van der Waals surface area contributed by atoms with Gasteiger partial charge in [0, 0.05) is 30.2 Å². The summed E-state index contributed by atoms with van der Waals surface area (Å²) >= 11 is 0. The number of likely N-dealkylation sites (tertiary alicyclic amines) is 1.